The SMILES string of the molecule is COc1ccc(S(=O)(=O)Nc2cccc(CNC(=O)CC(C)N)c2)cc1.Cl. The fourth-order valence-corrected chi connectivity index (χ4v) is 3.33. The highest BCUT2D eigenvalue weighted by Gasteiger charge is 2.14. The molecule has 148 valence electrons. The van der Waals surface area contributed by atoms with Gasteiger partial charge in [0.25, 0.3) is 10.0 Å². The van der Waals surface area contributed by atoms with Gasteiger partial charge in [-0.1, -0.05) is 12.1 Å². The number of methoxy groups -OCH3 is 1. The van der Waals surface area contributed by atoms with Crippen LogP contribution < -0.4 is 20.5 Å². The van der Waals surface area contributed by atoms with Crippen molar-refractivity contribution in [3.63, 3.8) is 0 Å². The summed E-state index contributed by atoms with van der Waals surface area (Å²) < 4.78 is 32.5. The zero-order valence-electron chi connectivity index (χ0n) is 15.1. The second-order valence-corrected chi connectivity index (χ2v) is 7.62. The minimum Gasteiger partial charge on any atom is -0.497 e. The van der Waals surface area contributed by atoms with E-state index in [1.165, 1.54) is 19.2 Å². The maximum atomic E-state index is 12.5. The summed E-state index contributed by atoms with van der Waals surface area (Å²) in [5, 5.41) is 2.75. The van der Waals surface area contributed by atoms with Crippen molar-refractivity contribution in [2.75, 3.05) is 11.8 Å². The van der Waals surface area contributed by atoms with Crippen LogP contribution >= 0.6 is 12.4 Å². The fourth-order valence-electron chi connectivity index (χ4n) is 2.28. The molecule has 9 heteroatoms. The Morgan fingerprint density at radius 2 is 1.85 bits per heavy atom. The first-order chi connectivity index (χ1) is 12.3. The van der Waals surface area contributed by atoms with Gasteiger partial charge >= 0.3 is 0 Å². The molecule has 7 nitrogen and oxygen atoms in total. The van der Waals surface area contributed by atoms with Crippen LogP contribution in [-0.2, 0) is 21.4 Å². The number of hydrogen-bond acceptors (Lipinski definition) is 5. The van der Waals surface area contributed by atoms with Gasteiger partial charge in [-0.05, 0) is 48.9 Å². The predicted octanol–water partition coefficient (Wildman–Crippen LogP) is 2.27. The van der Waals surface area contributed by atoms with Crippen molar-refractivity contribution in [2.45, 2.75) is 30.8 Å². The molecule has 0 saturated heterocycles. The third-order valence-electron chi connectivity index (χ3n) is 3.55. The zero-order chi connectivity index (χ0) is 19.2. The summed E-state index contributed by atoms with van der Waals surface area (Å²) in [6, 6.07) is 12.7. The van der Waals surface area contributed by atoms with Gasteiger partial charge in [-0.25, -0.2) is 8.42 Å². The molecule has 0 fully saturated rings. The number of benzene rings is 2. The summed E-state index contributed by atoms with van der Waals surface area (Å²) in [7, 11) is -2.20. The molecule has 0 spiro atoms. The van der Waals surface area contributed by atoms with E-state index in [0.717, 1.165) is 5.56 Å². The van der Waals surface area contributed by atoms with Gasteiger partial charge in [0.15, 0.2) is 0 Å². The van der Waals surface area contributed by atoms with E-state index in [9.17, 15) is 13.2 Å². The number of nitrogens with one attached hydrogen (secondary N) is 2. The van der Waals surface area contributed by atoms with E-state index in [1.54, 1.807) is 43.3 Å². The topological polar surface area (TPSA) is 111 Å². The maximum absolute atomic E-state index is 12.5. The Balaban J connectivity index is 0.00000364. The monoisotopic (exact) mass is 413 g/mol. The molecule has 1 atom stereocenters. The average Bonchev–Trinajstić information content (AvgIpc) is 2.59. The number of ether oxygens (including phenoxy) is 1. The van der Waals surface area contributed by atoms with Crippen LogP contribution in [-0.4, -0.2) is 27.5 Å². The van der Waals surface area contributed by atoms with E-state index >= 15 is 0 Å². The molecule has 0 aromatic heterocycles. The quantitative estimate of drug-likeness (QED) is 0.614. The lowest BCUT2D eigenvalue weighted by atomic mass is 10.2. The van der Waals surface area contributed by atoms with Gasteiger partial charge in [-0.3, -0.25) is 9.52 Å². The van der Waals surface area contributed by atoms with Gasteiger partial charge in [0.1, 0.15) is 5.75 Å². The molecule has 0 heterocycles. The predicted molar refractivity (Wildman–Crippen MR) is 108 cm³/mol. The Bertz CT molecular complexity index is 855. The Hall–Kier alpha value is -2.29. The molecule has 0 aliphatic carbocycles. The smallest absolute Gasteiger partial charge is 0.261 e. The van der Waals surface area contributed by atoms with Crippen molar-refractivity contribution < 1.29 is 17.9 Å². The van der Waals surface area contributed by atoms with Gasteiger partial charge in [0.2, 0.25) is 5.91 Å². The number of carbonyl (C=O) groups is 1. The third-order valence-corrected chi connectivity index (χ3v) is 4.94. The van der Waals surface area contributed by atoms with E-state index < -0.39 is 10.0 Å². The third kappa shape index (κ3) is 7.09. The standard InChI is InChI=1S/C18H23N3O4S.ClH/c1-13(19)10-18(22)20-12-14-4-3-5-15(11-14)21-26(23,24)17-8-6-16(25-2)7-9-17;/h3-9,11,13,21H,10,12,19H2,1-2H3,(H,20,22);1H. The van der Waals surface area contributed by atoms with Gasteiger partial charge in [-0.15, -0.1) is 12.4 Å². The van der Waals surface area contributed by atoms with Crippen LogP contribution in [0.15, 0.2) is 53.4 Å². The first-order valence-corrected chi connectivity index (χ1v) is 9.56. The van der Waals surface area contributed by atoms with Gasteiger partial charge in [-0.2, -0.15) is 0 Å². The Morgan fingerprint density at radius 1 is 1.19 bits per heavy atom. The van der Waals surface area contributed by atoms with Gasteiger partial charge in [0, 0.05) is 24.7 Å². The Labute approximate surface area is 165 Å². The van der Waals surface area contributed by atoms with Gasteiger partial charge < -0.3 is 15.8 Å². The number of carbonyl (C=O) groups excluding carboxylic acids is 1. The minimum atomic E-state index is -3.71. The molecule has 0 aliphatic heterocycles. The fraction of sp³-hybridized carbons (Fsp3) is 0.278. The lowest BCUT2D eigenvalue weighted by molar-refractivity contribution is -0.121. The van der Waals surface area contributed by atoms with Gasteiger partial charge in [0.05, 0.1) is 12.0 Å². The highest BCUT2D eigenvalue weighted by Crippen LogP contribution is 2.19. The zero-order valence-corrected chi connectivity index (χ0v) is 16.8. The molecule has 2 aromatic carbocycles. The summed E-state index contributed by atoms with van der Waals surface area (Å²) in [5.41, 5.74) is 6.78. The van der Waals surface area contributed by atoms with Crippen molar-refractivity contribution in [2.24, 2.45) is 5.73 Å². The Morgan fingerprint density at radius 3 is 2.44 bits per heavy atom. The molecule has 27 heavy (non-hydrogen) atoms. The number of nitrogens with two attached hydrogens (primary N) is 1. The average molecular weight is 414 g/mol. The highest BCUT2D eigenvalue weighted by molar-refractivity contribution is 7.92. The molecule has 0 radical (unpaired) electrons. The van der Waals surface area contributed by atoms with Crippen LogP contribution in [0.4, 0.5) is 5.69 Å². The summed E-state index contributed by atoms with van der Waals surface area (Å²) in [5.74, 6) is 0.428. The largest absolute Gasteiger partial charge is 0.497 e. The lowest BCUT2D eigenvalue weighted by Gasteiger charge is -2.11. The number of halogens is 1. The van der Waals surface area contributed by atoms with Crippen molar-refractivity contribution in [3.8, 4) is 5.75 Å². The van der Waals surface area contributed by atoms with E-state index in [-0.39, 0.29) is 35.7 Å². The number of sulfonamides is 1. The van der Waals surface area contributed by atoms with E-state index in [4.69, 9.17) is 10.5 Å². The summed E-state index contributed by atoms with van der Waals surface area (Å²) >= 11 is 0. The van der Waals surface area contributed by atoms with Crippen LogP contribution in [0.3, 0.4) is 0 Å². The molecular formula is C18H24ClN3O4S. The van der Waals surface area contributed by atoms with Crippen molar-refractivity contribution in [3.05, 3.63) is 54.1 Å². The summed E-state index contributed by atoms with van der Waals surface area (Å²) in [6.07, 6.45) is 0.240. The molecule has 0 bridgehead atoms. The summed E-state index contributed by atoms with van der Waals surface area (Å²) in [4.78, 5) is 11.8. The minimum absolute atomic E-state index is 0. The number of anilines is 1. The molecule has 0 saturated carbocycles. The molecule has 4 N–H and O–H groups in total. The lowest BCUT2D eigenvalue weighted by Crippen LogP contribution is -2.29. The van der Waals surface area contributed by atoms with Crippen molar-refractivity contribution >= 4 is 34.0 Å². The molecule has 2 rings (SSSR count). The van der Waals surface area contributed by atoms with Crippen LogP contribution in [0.2, 0.25) is 0 Å². The number of hydrogen-bond donors (Lipinski definition) is 3. The van der Waals surface area contributed by atoms with Crippen molar-refractivity contribution in [1.29, 1.82) is 0 Å². The maximum Gasteiger partial charge on any atom is 0.261 e. The molecule has 1 amide bonds. The first kappa shape index (κ1) is 22.8. The normalized spacial score (nSPS) is 11.8. The van der Waals surface area contributed by atoms with E-state index in [1.807, 2.05) is 0 Å². The number of rotatable bonds is 8. The van der Waals surface area contributed by atoms with Crippen molar-refractivity contribution in [1.82, 2.24) is 5.32 Å². The van der Waals surface area contributed by atoms with Crippen LogP contribution in [0.25, 0.3) is 0 Å². The summed E-state index contributed by atoms with van der Waals surface area (Å²) in [6.45, 7) is 2.05. The molecule has 2 aromatic rings. The second-order valence-electron chi connectivity index (χ2n) is 5.94. The molecular weight excluding hydrogens is 390 g/mol. The molecule has 1 unspecified atom stereocenters. The molecule has 0 aliphatic rings. The van der Waals surface area contributed by atoms with Crippen LogP contribution in [0, 0.1) is 0 Å². The first-order valence-electron chi connectivity index (χ1n) is 8.08. The second kappa shape index (κ2) is 10.1. The Kier molecular flexibility index (Phi) is 8.55. The van der Waals surface area contributed by atoms with E-state index in [2.05, 4.69) is 10.0 Å². The van der Waals surface area contributed by atoms with E-state index in [0.29, 0.717) is 18.0 Å². The van der Waals surface area contributed by atoms with Crippen LogP contribution in [0.5, 0.6) is 5.75 Å². The number of amides is 1. The highest BCUT2D eigenvalue weighted by atomic mass is 35.5. The van der Waals surface area contributed by atoms with Crippen LogP contribution in [0.1, 0.15) is 18.9 Å².